The lowest BCUT2D eigenvalue weighted by molar-refractivity contribution is -0.671. The average Bonchev–Trinajstić information content (AvgIpc) is 2.50. The Labute approximate surface area is 89.1 Å². The lowest BCUT2D eigenvalue weighted by Crippen LogP contribution is -3.00. The zero-order valence-electron chi connectivity index (χ0n) is 7.24. The minimum atomic E-state index is 0. The molecule has 0 saturated heterocycles. The van der Waals surface area contributed by atoms with Crippen LogP contribution in [0, 0.1) is 0 Å². The number of aromatic nitrogens is 4. The summed E-state index contributed by atoms with van der Waals surface area (Å²) < 4.78 is 1.72. The summed E-state index contributed by atoms with van der Waals surface area (Å²) in [7, 11) is 0. The summed E-state index contributed by atoms with van der Waals surface area (Å²) in [4.78, 5) is 0. The summed E-state index contributed by atoms with van der Waals surface area (Å²) in [5.74, 6) is 0. The lowest BCUT2D eigenvalue weighted by Gasteiger charge is -1.96. The van der Waals surface area contributed by atoms with Crippen LogP contribution in [0.3, 0.4) is 0 Å². The minimum absolute atomic E-state index is 0. The van der Waals surface area contributed by atoms with Crippen LogP contribution in [0.5, 0.6) is 0 Å². The van der Waals surface area contributed by atoms with Gasteiger partial charge in [-0.1, -0.05) is 0 Å². The van der Waals surface area contributed by atoms with E-state index in [4.69, 9.17) is 0 Å². The highest BCUT2D eigenvalue weighted by atomic mass is 35.5. The molecular weight excluding hydrogens is 215 g/mol. The van der Waals surface area contributed by atoms with Crippen molar-refractivity contribution in [1.82, 2.24) is 20.2 Å². The molecule has 1 aromatic rings. The van der Waals surface area contributed by atoms with Crippen LogP contribution in [0.4, 0.5) is 0 Å². The first kappa shape index (κ1) is 15.1. The second-order valence-corrected chi connectivity index (χ2v) is 2.29. The van der Waals surface area contributed by atoms with Gasteiger partial charge < -0.3 is 35.9 Å². The van der Waals surface area contributed by atoms with Crippen LogP contribution in [0.2, 0.25) is 0 Å². The maximum absolute atomic E-state index is 3.74. The monoisotopic (exact) mass is 228 g/mol. The maximum Gasteiger partial charge on any atom is 0.138 e. The molecule has 0 saturated carbocycles. The Bertz CT molecular complexity index is 179. The van der Waals surface area contributed by atoms with E-state index in [9.17, 15) is 0 Å². The molecule has 1 heterocycles. The van der Waals surface area contributed by atoms with E-state index in [-0.39, 0.29) is 24.8 Å². The fourth-order valence-electron chi connectivity index (χ4n) is 0.795. The van der Waals surface area contributed by atoms with Gasteiger partial charge in [-0.25, -0.2) is 4.68 Å². The smallest absolute Gasteiger partial charge is 0.138 e. The largest absolute Gasteiger partial charge is 1.00 e. The minimum Gasteiger partial charge on any atom is -1.00 e. The Kier molecular flexibility index (Phi) is 11.2. The Morgan fingerprint density at radius 1 is 1.31 bits per heavy atom. The number of nitrogens with two attached hydrogens (primary N) is 1. The Morgan fingerprint density at radius 3 is 2.62 bits per heavy atom. The van der Waals surface area contributed by atoms with Gasteiger partial charge >= 0.3 is 0 Å². The lowest BCUT2D eigenvalue weighted by atomic mass is 10.5. The van der Waals surface area contributed by atoms with Gasteiger partial charge in [0.2, 0.25) is 0 Å². The first-order chi connectivity index (χ1) is 5.43. The SMILES string of the molecule is [Cl-].[Cl-].[NH3+]CC[NH2+]CCn1cnnn1. The molecule has 0 spiro atoms. The number of nitrogens with zero attached hydrogens (tertiary/aromatic N) is 4. The predicted molar refractivity (Wildman–Crippen MR) is 37.2 cm³/mol. The van der Waals surface area contributed by atoms with E-state index < -0.39 is 0 Å². The van der Waals surface area contributed by atoms with E-state index in [0.29, 0.717) is 0 Å². The van der Waals surface area contributed by atoms with Crippen LogP contribution >= 0.6 is 0 Å². The van der Waals surface area contributed by atoms with Crippen molar-refractivity contribution in [2.45, 2.75) is 6.54 Å². The Balaban J connectivity index is 0. The van der Waals surface area contributed by atoms with Gasteiger partial charge in [-0.2, -0.15) is 0 Å². The first-order valence-electron chi connectivity index (χ1n) is 3.75. The molecule has 0 atom stereocenters. The van der Waals surface area contributed by atoms with Gasteiger partial charge in [0, 0.05) is 0 Å². The van der Waals surface area contributed by atoms with Crippen molar-refractivity contribution in [1.29, 1.82) is 0 Å². The fourth-order valence-corrected chi connectivity index (χ4v) is 0.795. The number of halogens is 2. The van der Waals surface area contributed by atoms with Crippen LogP contribution in [0.25, 0.3) is 0 Å². The number of quaternary nitrogens is 2. The second-order valence-electron chi connectivity index (χ2n) is 2.29. The fraction of sp³-hybridized carbons (Fsp3) is 0.800. The van der Waals surface area contributed by atoms with Crippen molar-refractivity contribution in [3.63, 3.8) is 0 Å². The molecule has 5 N–H and O–H groups in total. The third kappa shape index (κ3) is 6.71. The van der Waals surface area contributed by atoms with E-state index in [0.717, 1.165) is 26.2 Å². The number of tetrazole rings is 1. The topological polar surface area (TPSA) is 87.9 Å². The van der Waals surface area contributed by atoms with Gasteiger partial charge in [-0.15, -0.1) is 5.10 Å². The van der Waals surface area contributed by atoms with Crippen molar-refractivity contribution in [2.75, 3.05) is 19.6 Å². The summed E-state index contributed by atoms with van der Waals surface area (Å²) in [6, 6.07) is 0. The van der Waals surface area contributed by atoms with Crippen LogP contribution in [-0.2, 0) is 6.54 Å². The van der Waals surface area contributed by atoms with E-state index >= 15 is 0 Å². The third-order valence-electron chi connectivity index (χ3n) is 1.36. The molecule has 6 nitrogen and oxygen atoms in total. The number of rotatable bonds is 5. The highest BCUT2D eigenvalue weighted by molar-refractivity contribution is 4.43. The zero-order valence-corrected chi connectivity index (χ0v) is 8.75. The highest BCUT2D eigenvalue weighted by Gasteiger charge is 1.93. The molecule has 0 unspecified atom stereocenters. The summed E-state index contributed by atoms with van der Waals surface area (Å²) in [6.07, 6.45) is 1.62. The van der Waals surface area contributed by atoms with Gasteiger partial charge in [-0.3, -0.25) is 0 Å². The molecule has 8 heteroatoms. The molecule has 0 aliphatic carbocycles. The van der Waals surface area contributed by atoms with Gasteiger partial charge in [0.25, 0.3) is 0 Å². The number of hydrogen-bond acceptors (Lipinski definition) is 3. The molecule has 0 aliphatic heterocycles. The van der Waals surface area contributed by atoms with Crippen molar-refractivity contribution < 1.29 is 35.9 Å². The standard InChI is InChI=1S/C5H12N6.2ClH/c6-1-2-7-3-4-11-5-8-9-10-11;;/h5,7H,1-4,6H2;2*1H. The summed E-state index contributed by atoms with van der Waals surface area (Å²) in [5, 5.41) is 13.0. The molecule has 0 radical (unpaired) electrons. The van der Waals surface area contributed by atoms with Crippen molar-refractivity contribution in [3.8, 4) is 0 Å². The van der Waals surface area contributed by atoms with Crippen molar-refractivity contribution >= 4 is 0 Å². The van der Waals surface area contributed by atoms with Crippen LogP contribution in [0.15, 0.2) is 6.33 Å². The summed E-state index contributed by atoms with van der Waals surface area (Å²) >= 11 is 0. The van der Waals surface area contributed by atoms with Crippen LogP contribution in [-0.4, -0.2) is 39.8 Å². The average molecular weight is 229 g/mol. The van der Waals surface area contributed by atoms with E-state index in [1.807, 2.05) is 0 Å². The quantitative estimate of drug-likeness (QED) is 0.491. The highest BCUT2D eigenvalue weighted by Crippen LogP contribution is 1.70. The van der Waals surface area contributed by atoms with E-state index in [2.05, 4.69) is 26.6 Å². The van der Waals surface area contributed by atoms with E-state index in [1.54, 1.807) is 11.0 Å². The summed E-state index contributed by atoms with van der Waals surface area (Å²) in [6.45, 7) is 3.92. The molecule has 13 heavy (non-hydrogen) atoms. The molecule has 0 fully saturated rings. The van der Waals surface area contributed by atoms with Gasteiger partial charge in [-0.05, 0) is 10.4 Å². The van der Waals surface area contributed by atoms with Crippen molar-refractivity contribution in [3.05, 3.63) is 6.33 Å². The van der Waals surface area contributed by atoms with Crippen LogP contribution in [0.1, 0.15) is 0 Å². The van der Waals surface area contributed by atoms with Gasteiger partial charge in [0.1, 0.15) is 19.4 Å². The third-order valence-corrected chi connectivity index (χ3v) is 1.36. The summed E-state index contributed by atoms with van der Waals surface area (Å²) in [5.41, 5.74) is 3.74. The molecule has 0 aliphatic rings. The Hall–Kier alpha value is -0.430. The molecule has 1 rings (SSSR count). The zero-order chi connectivity index (χ0) is 7.94. The Morgan fingerprint density at radius 2 is 2.08 bits per heavy atom. The predicted octanol–water partition coefficient (Wildman–Crippen LogP) is -9.51. The van der Waals surface area contributed by atoms with Crippen LogP contribution < -0.4 is 35.9 Å². The first-order valence-corrected chi connectivity index (χ1v) is 3.75. The van der Waals surface area contributed by atoms with Crippen molar-refractivity contribution in [2.24, 2.45) is 0 Å². The van der Waals surface area contributed by atoms with Gasteiger partial charge in [0.05, 0.1) is 13.1 Å². The second kappa shape index (κ2) is 9.66. The maximum atomic E-state index is 3.74. The molecular formula is C5H14Cl2N6. The molecule has 0 amide bonds. The molecule has 78 valence electrons. The number of hydrogen-bond donors (Lipinski definition) is 2. The van der Waals surface area contributed by atoms with E-state index in [1.165, 1.54) is 0 Å². The molecule has 1 aromatic heterocycles. The normalized spacial score (nSPS) is 8.69. The molecule has 0 aromatic carbocycles. The molecule has 0 bridgehead atoms. The van der Waals surface area contributed by atoms with Gasteiger partial charge in [0.15, 0.2) is 0 Å².